The number of aliphatic hydroxyl groups excluding tert-OH is 1. The quantitative estimate of drug-likeness (QED) is 0.739. The Kier molecular flexibility index (Phi) is 4.24. The molecule has 0 fully saturated rings. The summed E-state index contributed by atoms with van der Waals surface area (Å²) in [6.45, 7) is 4.36. The monoisotopic (exact) mass is 276 g/mol. The molecule has 0 atom stereocenters. The molecule has 5 nitrogen and oxygen atoms in total. The second kappa shape index (κ2) is 5.90. The Morgan fingerprint density at radius 1 is 1.21 bits per heavy atom. The summed E-state index contributed by atoms with van der Waals surface area (Å²) >= 11 is 5.10. The number of nitrogens with zero attached hydrogens (tertiary/aromatic N) is 2. The maximum absolute atomic E-state index is 8.71. The van der Waals surface area contributed by atoms with Crippen molar-refractivity contribution >= 4 is 34.1 Å². The zero-order valence-corrected chi connectivity index (χ0v) is 11.7. The molecule has 0 bridgehead atoms. The van der Waals surface area contributed by atoms with Gasteiger partial charge in [-0.15, -0.1) is 0 Å². The van der Waals surface area contributed by atoms with Gasteiger partial charge in [-0.25, -0.2) is 9.97 Å². The van der Waals surface area contributed by atoms with Crippen molar-refractivity contribution in [3.63, 3.8) is 0 Å². The normalized spacial score (nSPS) is 10.5. The number of thiocarbonyl (C=S) groups is 1. The van der Waals surface area contributed by atoms with Crippen molar-refractivity contribution < 1.29 is 5.11 Å². The summed E-state index contributed by atoms with van der Waals surface area (Å²) in [4.78, 5) is 8.97. The minimum Gasteiger partial charge on any atom is -0.395 e. The van der Waals surface area contributed by atoms with Gasteiger partial charge in [-0.05, 0) is 44.3 Å². The van der Waals surface area contributed by atoms with E-state index in [0.717, 1.165) is 28.1 Å². The summed E-state index contributed by atoms with van der Waals surface area (Å²) < 4.78 is 0. The van der Waals surface area contributed by atoms with Crippen molar-refractivity contribution in [3.8, 4) is 0 Å². The topological polar surface area (TPSA) is 70.1 Å². The van der Waals surface area contributed by atoms with E-state index in [4.69, 9.17) is 17.3 Å². The van der Waals surface area contributed by atoms with E-state index in [2.05, 4.69) is 20.6 Å². The summed E-state index contributed by atoms with van der Waals surface area (Å²) in [5.74, 6) is 0. The molecule has 2 aromatic rings. The molecule has 2 rings (SSSR count). The number of hydrogen-bond donors (Lipinski definition) is 3. The Bertz CT molecular complexity index is 615. The molecule has 1 aromatic heterocycles. The molecule has 0 aliphatic rings. The van der Waals surface area contributed by atoms with Crippen LogP contribution in [0.1, 0.15) is 11.4 Å². The molecule has 0 radical (unpaired) electrons. The average Bonchev–Trinajstić information content (AvgIpc) is 2.38. The Labute approximate surface area is 117 Å². The maximum Gasteiger partial charge on any atom is 0.170 e. The molecule has 0 saturated heterocycles. The van der Waals surface area contributed by atoms with E-state index in [1.807, 2.05) is 32.0 Å². The van der Waals surface area contributed by atoms with Crippen LogP contribution in [-0.2, 0) is 0 Å². The van der Waals surface area contributed by atoms with Crippen LogP contribution in [0.4, 0.5) is 5.69 Å². The summed E-state index contributed by atoms with van der Waals surface area (Å²) in [5, 5.41) is 15.1. The lowest BCUT2D eigenvalue weighted by Crippen LogP contribution is -2.30. The second-order valence-corrected chi connectivity index (χ2v) is 4.61. The first kappa shape index (κ1) is 13.6. The van der Waals surface area contributed by atoms with Gasteiger partial charge in [-0.2, -0.15) is 0 Å². The van der Waals surface area contributed by atoms with Gasteiger partial charge in [0, 0.05) is 12.2 Å². The molecule has 1 heterocycles. The van der Waals surface area contributed by atoms with E-state index in [1.54, 1.807) is 0 Å². The number of aryl methyl sites for hydroxylation is 2. The largest absolute Gasteiger partial charge is 0.395 e. The molecule has 19 heavy (non-hydrogen) atoms. The first-order valence-electron chi connectivity index (χ1n) is 6.01. The highest BCUT2D eigenvalue weighted by Gasteiger charge is 2.03. The van der Waals surface area contributed by atoms with Crippen molar-refractivity contribution in [2.24, 2.45) is 0 Å². The third kappa shape index (κ3) is 3.36. The molecule has 3 N–H and O–H groups in total. The lowest BCUT2D eigenvalue weighted by molar-refractivity contribution is 0.301. The van der Waals surface area contributed by atoms with Crippen LogP contribution in [0.15, 0.2) is 18.2 Å². The molecule has 1 aromatic carbocycles. The molecular formula is C13H16N4OS. The van der Waals surface area contributed by atoms with Crippen molar-refractivity contribution in [1.29, 1.82) is 0 Å². The van der Waals surface area contributed by atoms with Gasteiger partial charge < -0.3 is 15.7 Å². The molecular weight excluding hydrogens is 260 g/mol. The number of anilines is 1. The van der Waals surface area contributed by atoms with Crippen LogP contribution in [0, 0.1) is 13.8 Å². The van der Waals surface area contributed by atoms with Gasteiger partial charge >= 0.3 is 0 Å². The minimum atomic E-state index is 0.0451. The average molecular weight is 276 g/mol. The van der Waals surface area contributed by atoms with E-state index in [0.29, 0.717) is 11.7 Å². The van der Waals surface area contributed by atoms with Gasteiger partial charge in [0.1, 0.15) is 0 Å². The zero-order chi connectivity index (χ0) is 13.8. The molecule has 0 amide bonds. The number of nitrogens with one attached hydrogen (secondary N) is 2. The van der Waals surface area contributed by atoms with Gasteiger partial charge in [0.15, 0.2) is 5.11 Å². The predicted octanol–water partition coefficient (Wildman–Crippen LogP) is 1.53. The minimum absolute atomic E-state index is 0.0451. The van der Waals surface area contributed by atoms with E-state index < -0.39 is 0 Å². The van der Waals surface area contributed by atoms with Gasteiger partial charge in [0.05, 0.1) is 29.0 Å². The highest BCUT2D eigenvalue weighted by atomic mass is 32.1. The predicted molar refractivity (Wildman–Crippen MR) is 80.3 cm³/mol. The van der Waals surface area contributed by atoms with Crippen molar-refractivity contribution in [2.45, 2.75) is 13.8 Å². The Morgan fingerprint density at radius 3 is 2.58 bits per heavy atom. The zero-order valence-electron chi connectivity index (χ0n) is 10.9. The summed E-state index contributed by atoms with van der Waals surface area (Å²) in [6.07, 6.45) is 0. The van der Waals surface area contributed by atoms with E-state index >= 15 is 0 Å². The van der Waals surface area contributed by atoms with Crippen molar-refractivity contribution in [3.05, 3.63) is 29.6 Å². The smallest absolute Gasteiger partial charge is 0.170 e. The standard InChI is InChI=1S/C13H16N4OS/c1-8-9(2)16-12-7-10(3-4-11(12)15-8)17-13(19)14-5-6-18/h3-4,7,18H,5-6H2,1-2H3,(H2,14,17,19). The van der Waals surface area contributed by atoms with Crippen molar-refractivity contribution in [2.75, 3.05) is 18.5 Å². The molecule has 0 spiro atoms. The van der Waals surface area contributed by atoms with Crippen LogP contribution in [0.2, 0.25) is 0 Å². The van der Waals surface area contributed by atoms with Crippen molar-refractivity contribution in [1.82, 2.24) is 15.3 Å². The van der Waals surface area contributed by atoms with E-state index in [-0.39, 0.29) is 6.61 Å². The number of benzene rings is 1. The molecule has 6 heteroatoms. The lowest BCUT2D eigenvalue weighted by atomic mass is 10.2. The van der Waals surface area contributed by atoms with E-state index in [1.165, 1.54) is 0 Å². The van der Waals surface area contributed by atoms with Crippen LogP contribution < -0.4 is 10.6 Å². The Morgan fingerprint density at radius 2 is 1.89 bits per heavy atom. The molecule has 0 unspecified atom stereocenters. The van der Waals surface area contributed by atoms with Gasteiger partial charge in [-0.3, -0.25) is 0 Å². The highest BCUT2D eigenvalue weighted by Crippen LogP contribution is 2.17. The highest BCUT2D eigenvalue weighted by molar-refractivity contribution is 7.80. The van der Waals surface area contributed by atoms with E-state index in [9.17, 15) is 0 Å². The fourth-order valence-corrected chi connectivity index (χ4v) is 1.87. The Hall–Kier alpha value is -1.79. The fraction of sp³-hybridized carbons (Fsp3) is 0.308. The van der Waals surface area contributed by atoms with Crippen LogP contribution in [0.3, 0.4) is 0 Å². The van der Waals surface area contributed by atoms with Crippen LogP contribution >= 0.6 is 12.2 Å². The van der Waals surface area contributed by atoms with Gasteiger partial charge in [0.25, 0.3) is 0 Å². The van der Waals surface area contributed by atoms with Crippen LogP contribution in [-0.4, -0.2) is 33.3 Å². The molecule has 100 valence electrons. The lowest BCUT2D eigenvalue weighted by Gasteiger charge is -2.10. The number of aliphatic hydroxyl groups is 1. The Balaban J connectivity index is 2.21. The fourth-order valence-electron chi connectivity index (χ4n) is 1.65. The van der Waals surface area contributed by atoms with Crippen LogP contribution in [0.25, 0.3) is 11.0 Å². The first-order valence-corrected chi connectivity index (χ1v) is 6.41. The third-order valence-corrected chi connectivity index (χ3v) is 2.98. The summed E-state index contributed by atoms with van der Waals surface area (Å²) in [7, 11) is 0. The number of fused-ring (bicyclic) bond motifs is 1. The second-order valence-electron chi connectivity index (χ2n) is 4.20. The third-order valence-electron chi connectivity index (χ3n) is 2.73. The van der Waals surface area contributed by atoms with Gasteiger partial charge in [0.2, 0.25) is 0 Å². The summed E-state index contributed by atoms with van der Waals surface area (Å²) in [5.41, 5.74) is 4.40. The number of aromatic nitrogens is 2. The first-order chi connectivity index (χ1) is 9.10. The summed E-state index contributed by atoms with van der Waals surface area (Å²) in [6, 6.07) is 5.71. The molecule has 0 aliphatic heterocycles. The SMILES string of the molecule is Cc1nc2ccc(NC(=S)NCCO)cc2nc1C. The van der Waals surface area contributed by atoms with Crippen LogP contribution in [0.5, 0.6) is 0 Å². The number of rotatable bonds is 3. The maximum atomic E-state index is 8.71. The number of hydrogen-bond acceptors (Lipinski definition) is 4. The van der Waals surface area contributed by atoms with Gasteiger partial charge in [-0.1, -0.05) is 0 Å². The molecule has 0 aliphatic carbocycles. The molecule has 0 saturated carbocycles.